The molecule has 0 amide bonds. The number of hydrogen-bond donors (Lipinski definition) is 0. The van der Waals surface area contributed by atoms with Gasteiger partial charge >= 0.3 is 0 Å². The average molecular weight is 744 g/mol. The molecule has 3 heteroatoms. The van der Waals surface area contributed by atoms with Gasteiger partial charge in [0.05, 0.1) is 11.1 Å². The van der Waals surface area contributed by atoms with Crippen LogP contribution in [0.5, 0.6) is 23.0 Å². The van der Waals surface area contributed by atoms with Crippen molar-refractivity contribution in [2.45, 2.75) is 11.3 Å². The lowest BCUT2D eigenvalue weighted by Crippen LogP contribution is -2.34. The monoisotopic (exact) mass is 743 g/mol. The number of para-hydroxylation sites is 4. The lowest BCUT2D eigenvalue weighted by molar-refractivity contribution is 0.347. The van der Waals surface area contributed by atoms with Gasteiger partial charge in [-0.1, -0.05) is 170 Å². The first-order valence-corrected chi connectivity index (χ1v) is 20.1. The molecule has 0 fully saturated rings. The fourth-order valence-corrected chi connectivity index (χ4v) is 10.3. The maximum absolute atomic E-state index is 6.92. The van der Waals surface area contributed by atoms with Crippen molar-refractivity contribution >= 4 is 11.4 Å². The molecule has 0 aromatic heterocycles. The summed E-state index contributed by atoms with van der Waals surface area (Å²) in [6, 6.07) is 69.5. The van der Waals surface area contributed by atoms with Gasteiger partial charge in [0.15, 0.2) is 23.0 Å². The minimum absolute atomic E-state index is 0.0849. The van der Waals surface area contributed by atoms with E-state index in [1.165, 1.54) is 55.6 Å². The molecule has 0 bridgehead atoms. The molecule has 58 heavy (non-hydrogen) atoms. The van der Waals surface area contributed by atoms with Crippen molar-refractivity contribution in [2.24, 2.45) is 5.92 Å². The van der Waals surface area contributed by atoms with Gasteiger partial charge in [-0.05, 0) is 87.0 Å². The van der Waals surface area contributed by atoms with Gasteiger partial charge in [-0.2, -0.15) is 0 Å². The molecule has 12 rings (SSSR count). The average Bonchev–Trinajstić information content (AvgIpc) is 3.76. The molecular weight excluding hydrogens is 707 g/mol. The topological polar surface area (TPSA) is 21.7 Å². The molecule has 0 radical (unpaired) electrons. The summed E-state index contributed by atoms with van der Waals surface area (Å²) in [5.41, 5.74) is 15.3. The van der Waals surface area contributed by atoms with Crippen LogP contribution in [0.1, 0.15) is 28.2 Å². The first-order chi connectivity index (χ1) is 28.8. The van der Waals surface area contributed by atoms with Crippen molar-refractivity contribution in [1.29, 1.82) is 0 Å². The Bertz CT molecular complexity index is 2970. The fraction of sp³-hybridized carbons (Fsp3) is 0.0545. The third-order valence-corrected chi connectivity index (χ3v) is 12.6. The second-order valence-electron chi connectivity index (χ2n) is 15.5. The number of benzene rings is 8. The van der Waals surface area contributed by atoms with Gasteiger partial charge in [-0.15, -0.1) is 0 Å². The Morgan fingerprint density at radius 1 is 0.448 bits per heavy atom. The molecule has 3 unspecified atom stereocenters. The zero-order valence-corrected chi connectivity index (χ0v) is 31.6. The minimum Gasteiger partial charge on any atom is -0.450 e. The van der Waals surface area contributed by atoms with Crippen LogP contribution in [0, 0.1) is 5.92 Å². The molecule has 0 saturated heterocycles. The number of hydrogen-bond acceptors (Lipinski definition) is 3. The third-order valence-electron chi connectivity index (χ3n) is 12.6. The Hall–Kier alpha value is -7.36. The van der Waals surface area contributed by atoms with Crippen molar-refractivity contribution in [1.82, 2.24) is 0 Å². The Kier molecular flexibility index (Phi) is 7.27. The summed E-state index contributed by atoms with van der Waals surface area (Å²) in [6.45, 7) is 0. The van der Waals surface area contributed by atoms with E-state index in [1.54, 1.807) is 0 Å². The molecule has 0 saturated carbocycles. The summed E-state index contributed by atoms with van der Waals surface area (Å²) in [6.07, 6.45) is 7.36. The lowest BCUT2D eigenvalue weighted by Gasteiger charge is -2.39. The predicted molar refractivity (Wildman–Crippen MR) is 234 cm³/mol. The summed E-state index contributed by atoms with van der Waals surface area (Å²) < 4.78 is 13.5. The zero-order chi connectivity index (χ0) is 38.2. The van der Waals surface area contributed by atoms with Crippen LogP contribution in [-0.2, 0) is 5.41 Å². The van der Waals surface area contributed by atoms with Gasteiger partial charge in [0.25, 0.3) is 0 Å². The predicted octanol–water partition coefficient (Wildman–Crippen LogP) is 14.2. The van der Waals surface area contributed by atoms with Crippen LogP contribution in [0.25, 0.3) is 33.4 Å². The number of fused-ring (bicyclic) bond motifs is 13. The quantitative estimate of drug-likeness (QED) is 0.175. The summed E-state index contributed by atoms with van der Waals surface area (Å²) in [5.74, 6) is 3.22. The SMILES string of the molecule is C1=CC2C(C=C1N(c1ccccc1)c1ccccc1-c1ccc(-c3ccccc3)cc1)c1ccccc1C21c2ccccc2-c2ccc3c(c21)Oc1ccccc1O3. The van der Waals surface area contributed by atoms with Gasteiger partial charge in [0, 0.05) is 34.3 Å². The molecule has 3 nitrogen and oxygen atoms in total. The van der Waals surface area contributed by atoms with Crippen molar-refractivity contribution < 1.29 is 9.47 Å². The Morgan fingerprint density at radius 3 is 1.88 bits per heavy atom. The van der Waals surface area contributed by atoms with Crippen molar-refractivity contribution in [2.75, 3.05) is 4.90 Å². The van der Waals surface area contributed by atoms with Gasteiger partial charge < -0.3 is 14.4 Å². The van der Waals surface area contributed by atoms with E-state index in [4.69, 9.17) is 9.47 Å². The molecule has 1 spiro atoms. The van der Waals surface area contributed by atoms with Crippen LogP contribution in [-0.4, -0.2) is 0 Å². The number of ether oxygens (including phenoxy) is 2. The number of rotatable bonds is 5. The van der Waals surface area contributed by atoms with Crippen LogP contribution < -0.4 is 14.4 Å². The van der Waals surface area contributed by atoms with Crippen molar-refractivity contribution in [3.63, 3.8) is 0 Å². The molecule has 1 aliphatic heterocycles. The molecule has 274 valence electrons. The smallest absolute Gasteiger partial charge is 0.175 e. The first-order valence-electron chi connectivity index (χ1n) is 20.1. The standard InChI is InChI=1S/C55H37NO2/c1-3-15-36(16-4-1)37-27-29-38(30-28-37)41-19-9-12-24-49(41)56(39-17-5-2-6-18-39)40-31-33-48-45(35-40)43-21-8-11-23-47(43)55(48)46-22-10-7-20-42(46)44-32-34-52-54(53(44)55)58-51-26-14-13-25-50(51)57-52/h1-35,45,48H. The van der Waals surface area contributed by atoms with E-state index in [-0.39, 0.29) is 11.8 Å². The largest absolute Gasteiger partial charge is 0.450 e. The van der Waals surface area contributed by atoms with Gasteiger partial charge in [-0.25, -0.2) is 0 Å². The second kappa shape index (κ2) is 12.8. The van der Waals surface area contributed by atoms with E-state index in [1.807, 2.05) is 24.3 Å². The molecular formula is C55H37NO2. The molecule has 8 aromatic rings. The third kappa shape index (κ3) is 4.74. The zero-order valence-electron chi connectivity index (χ0n) is 31.6. The second-order valence-corrected chi connectivity index (χ2v) is 15.5. The number of allylic oxidation sites excluding steroid dienone is 3. The summed E-state index contributed by atoms with van der Waals surface area (Å²) in [7, 11) is 0. The first kappa shape index (κ1) is 32.8. The molecule has 8 aromatic carbocycles. The van der Waals surface area contributed by atoms with Crippen molar-refractivity contribution in [3.8, 4) is 56.4 Å². The van der Waals surface area contributed by atoms with Crippen LogP contribution in [0.3, 0.4) is 0 Å². The number of nitrogens with zero attached hydrogens (tertiary/aromatic N) is 1. The number of anilines is 2. The van der Waals surface area contributed by atoms with Gasteiger partial charge in [-0.3, -0.25) is 0 Å². The Morgan fingerprint density at radius 2 is 1.07 bits per heavy atom. The van der Waals surface area contributed by atoms with Crippen LogP contribution in [0.4, 0.5) is 11.4 Å². The highest BCUT2D eigenvalue weighted by molar-refractivity contribution is 5.91. The highest BCUT2D eigenvalue weighted by Crippen LogP contribution is 2.69. The summed E-state index contributed by atoms with van der Waals surface area (Å²) in [5, 5.41) is 0. The lowest BCUT2D eigenvalue weighted by atomic mass is 9.65. The van der Waals surface area contributed by atoms with Crippen LogP contribution in [0.15, 0.2) is 218 Å². The summed E-state index contributed by atoms with van der Waals surface area (Å²) >= 11 is 0. The molecule has 0 N–H and O–H groups in total. The van der Waals surface area contributed by atoms with E-state index >= 15 is 0 Å². The van der Waals surface area contributed by atoms with Crippen LogP contribution in [0.2, 0.25) is 0 Å². The normalized spacial score (nSPS) is 18.7. The summed E-state index contributed by atoms with van der Waals surface area (Å²) in [4.78, 5) is 2.44. The van der Waals surface area contributed by atoms with E-state index in [0.717, 1.165) is 40.1 Å². The van der Waals surface area contributed by atoms with Crippen LogP contribution >= 0.6 is 0 Å². The van der Waals surface area contributed by atoms with E-state index < -0.39 is 5.41 Å². The maximum Gasteiger partial charge on any atom is 0.175 e. The molecule has 3 aliphatic carbocycles. The Balaban J connectivity index is 1.03. The Labute approximate surface area is 338 Å². The molecule has 3 atom stereocenters. The minimum atomic E-state index is -0.497. The van der Waals surface area contributed by atoms with Gasteiger partial charge in [0.2, 0.25) is 0 Å². The van der Waals surface area contributed by atoms with Gasteiger partial charge in [0.1, 0.15) is 0 Å². The maximum atomic E-state index is 6.92. The molecule has 1 heterocycles. The highest BCUT2D eigenvalue weighted by Gasteiger charge is 2.59. The van der Waals surface area contributed by atoms with Crippen molar-refractivity contribution in [3.05, 3.63) is 240 Å². The van der Waals surface area contributed by atoms with E-state index in [9.17, 15) is 0 Å². The molecule has 4 aliphatic rings. The van der Waals surface area contributed by atoms with E-state index in [2.05, 4.69) is 193 Å². The fourth-order valence-electron chi connectivity index (χ4n) is 10.3. The van der Waals surface area contributed by atoms with E-state index in [0.29, 0.717) is 0 Å². The highest BCUT2D eigenvalue weighted by atomic mass is 16.6.